The lowest BCUT2D eigenvalue weighted by atomic mass is 10.1. The zero-order chi connectivity index (χ0) is 10.8. The lowest BCUT2D eigenvalue weighted by Crippen LogP contribution is -2.39. The minimum Gasteiger partial charge on any atom is -0.351 e. The summed E-state index contributed by atoms with van der Waals surface area (Å²) in [6.07, 6.45) is 9.32. The summed E-state index contributed by atoms with van der Waals surface area (Å²) in [6, 6.07) is 0.671. The fourth-order valence-corrected chi connectivity index (χ4v) is 2.85. The largest absolute Gasteiger partial charge is 0.351 e. The summed E-state index contributed by atoms with van der Waals surface area (Å²) in [5, 5.41) is 0. The van der Waals surface area contributed by atoms with E-state index < -0.39 is 0 Å². The predicted molar refractivity (Wildman–Crippen MR) is 63.5 cm³/mol. The van der Waals surface area contributed by atoms with Gasteiger partial charge in [0, 0.05) is 38.1 Å². The van der Waals surface area contributed by atoms with Crippen molar-refractivity contribution in [3.05, 3.63) is 18.6 Å². The number of fused-ring (bicyclic) bond motifs is 3. The molecule has 3 rings (SSSR count). The molecule has 2 aliphatic rings. The highest BCUT2D eigenvalue weighted by Crippen LogP contribution is 2.24. The normalized spacial score (nSPS) is 29.9. The molecule has 2 unspecified atom stereocenters. The molecule has 2 fully saturated rings. The van der Waals surface area contributed by atoms with Gasteiger partial charge in [-0.3, -0.25) is 4.98 Å². The highest BCUT2D eigenvalue weighted by atomic mass is 15.3. The first-order valence-electron chi connectivity index (χ1n) is 6.18. The smallest absolute Gasteiger partial charge is 0.147 e. The number of anilines is 1. The van der Waals surface area contributed by atoms with Gasteiger partial charge in [-0.25, -0.2) is 4.98 Å². The summed E-state index contributed by atoms with van der Waals surface area (Å²) in [6.45, 7) is 4.81. The van der Waals surface area contributed by atoms with E-state index in [-0.39, 0.29) is 0 Å². The van der Waals surface area contributed by atoms with E-state index in [0.29, 0.717) is 6.04 Å². The van der Waals surface area contributed by atoms with Gasteiger partial charge in [-0.15, -0.1) is 0 Å². The van der Waals surface area contributed by atoms with Crippen LogP contribution in [-0.4, -0.2) is 47.1 Å². The van der Waals surface area contributed by atoms with Gasteiger partial charge >= 0.3 is 0 Å². The molecule has 0 amide bonds. The van der Waals surface area contributed by atoms with Crippen molar-refractivity contribution >= 4 is 5.82 Å². The van der Waals surface area contributed by atoms with E-state index in [2.05, 4.69) is 19.8 Å². The molecule has 1 aromatic rings. The Labute approximate surface area is 96.3 Å². The molecule has 2 bridgehead atoms. The molecule has 0 spiro atoms. The first kappa shape index (κ1) is 10.0. The number of nitrogens with zero attached hydrogens (tertiary/aromatic N) is 4. The summed E-state index contributed by atoms with van der Waals surface area (Å²) in [7, 11) is 0. The molecule has 1 aromatic heterocycles. The predicted octanol–water partition coefficient (Wildman–Crippen LogP) is 1.15. The lowest BCUT2D eigenvalue weighted by molar-refractivity contribution is 0.298. The fourth-order valence-electron chi connectivity index (χ4n) is 2.85. The van der Waals surface area contributed by atoms with Crippen molar-refractivity contribution in [2.45, 2.75) is 25.3 Å². The maximum Gasteiger partial charge on any atom is 0.147 e. The number of rotatable bonds is 1. The Kier molecular flexibility index (Phi) is 2.74. The minimum absolute atomic E-state index is 0.671. The van der Waals surface area contributed by atoms with Gasteiger partial charge in [0.1, 0.15) is 5.82 Å². The van der Waals surface area contributed by atoms with Gasteiger partial charge in [-0.05, 0) is 25.8 Å². The van der Waals surface area contributed by atoms with Crippen molar-refractivity contribution in [2.75, 3.05) is 31.1 Å². The highest BCUT2D eigenvalue weighted by molar-refractivity contribution is 5.37. The van der Waals surface area contributed by atoms with Crippen LogP contribution in [0.1, 0.15) is 19.3 Å². The molecule has 0 aromatic carbocycles. The zero-order valence-electron chi connectivity index (χ0n) is 9.55. The third kappa shape index (κ3) is 1.89. The third-order valence-electron chi connectivity index (χ3n) is 3.73. The number of aromatic nitrogens is 2. The topological polar surface area (TPSA) is 32.3 Å². The van der Waals surface area contributed by atoms with E-state index in [4.69, 9.17) is 0 Å². The maximum atomic E-state index is 4.44. The standard InChI is InChI=1S/C12H18N4/c1-2-11-3-7-15(6-1)8-9-16(11)12-10-13-4-5-14-12/h4-5,10-11H,1-3,6-9H2. The molecular formula is C12H18N4. The second kappa shape index (κ2) is 4.37. The van der Waals surface area contributed by atoms with Gasteiger partial charge < -0.3 is 9.80 Å². The Bertz CT molecular complexity index is 340. The van der Waals surface area contributed by atoms with Crippen molar-refractivity contribution in [3.63, 3.8) is 0 Å². The first-order chi connectivity index (χ1) is 7.93. The molecule has 86 valence electrons. The molecular weight excluding hydrogens is 200 g/mol. The Balaban J connectivity index is 1.84. The van der Waals surface area contributed by atoms with Crippen molar-refractivity contribution in [3.8, 4) is 0 Å². The van der Waals surface area contributed by atoms with E-state index in [0.717, 1.165) is 12.4 Å². The molecule has 4 heteroatoms. The van der Waals surface area contributed by atoms with Crippen LogP contribution in [0, 0.1) is 0 Å². The maximum absolute atomic E-state index is 4.44. The first-order valence-corrected chi connectivity index (χ1v) is 6.18. The van der Waals surface area contributed by atoms with Gasteiger partial charge in [0.05, 0.1) is 6.20 Å². The molecule has 0 aliphatic carbocycles. The van der Waals surface area contributed by atoms with Crippen molar-refractivity contribution in [1.29, 1.82) is 0 Å². The number of hydrogen-bond donors (Lipinski definition) is 0. The van der Waals surface area contributed by atoms with Crippen LogP contribution in [0.4, 0.5) is 5.82 Å². The SMILES string of the molecule is c1cnc(N2CCN3CCCC2CC3)cn1. The average Bonchev–Trinajstić information content (AvgIpc) is 2.64. The molecule has 0 radical (unpaired) electrons. The molecule has 0 saturated carbocycles. The molecule has 16 heavy (non-hydrogen) atoms. The summed E-state index contributed by atoms with van der Waals surface area (Å²) in [4.78, 5) is 13.6. The second-order valence-electron chi connectivity index (χ2n) is 4.68. The Morgan fingerprint density at radius 1 is 1.06 bits per heavy atom. The van der Waals surface area contributed by atoms with Crippen LogP contribution in [0.2, 0.25) is 0 Å². The molecule has 4 nitrogen and oxygen atoms in total. The zero-order valence-corrected chi connectivity index (χ0v) is 9.55. The Morgan fingerprint density at radius 3 is 2.94 bits per heavy atom. The van der Waals surface area contributed by atoms with Crippen molar-refractivity contribution in [2.24, 2.45) is 0 Å². The van der Waals surface area contributed by atoms with Gasteiger partial charge in [0.15, 0.2) is 0 Å². The second-order valence-corrected chi connectivity index (χ2v) is 4.68. The van der Waals surface area contributed by atoms with Gasteiger partial charge in [-0.2, -0.15) is 0 Å². The molecule has 3 heterocycles. The van der Waals surface area contributed by atoms with Crippen molar-refractivity contribution in [1.82, 2.24) is 14.9 Å². The summed E-state index contributed by atoms with van der Waals surface area (Å²) < 4.78 is 0. The Morgan fingerprint density at radius 2 is 2.06 bits per heavy atom. The summed E-state index contributed by atoms with van der Waals surface area (Å²) in [5.41, 5.74) is 0. The average molecular weight is 218 g/mol. The van der Waals surface area contributed by atoms with Crippen LogP contribution in [0.5, 0.6) is 0 Å². The third-order valence-corrected chi connectivity index (χ3v) is 3.73. The van der Waals surface area contributed by atoms with E-state index in [1.54, 1.807) is 12.4 Å². The van der Waals surface area contributed by atoms with Gasteiger partial charge in [0.2, 0.25) is 0 Å². The minimum atomic E-state index is 0.671. The van der Waals surface area contributed by atoms with Crippen LogP contribution >= 0.6 is 0 Å². The van der Waals surface area contributed by atoms with Crippen LogP contribution in [0.3, 0.4) is 0 Å². The monoisotopic (exact) mass is 218 g/mol. The van der Waals surface area contributed by atoms with E-state index in [1.165, 1.54) is 38.9 Å². The van der Waals surface area contributed by atoms with E-state index >= 15 is 0 Å². The van der Waals surface area contributed by atoms with Crippen LogP contribution in [-0.2, 0) is 0 Å². The van der Waals surface area contributed by atoms with Crippen LogP contribution < -0.4 is 4.90 Å². The van der Waals surface area contributed by atoms with E-state index in [9.17, 15) is 0 Å². The van der Waals surface area contributed by atoms with E-state index in [1.807, 2.05) is 6.20 Å². The lowest BCUT2D eigenvalue weighted by Gasteiger charge is -2.31. The quantitative estimate of drug-likeness (QED) is 0.708. The molecule has 2 saturated heterocycles. The van der Waals surface area contributed by atoms with Crippen LogP contribution in [0.15, 0.2) is 18.6 Å². The van der Waals surface area contributed by atoms with Crippen LogP contribution in [0.25, 0.3) is 0 Å². The van der Waals surface area contributed by atoms with Gasteiger partial charge in [-0.1, -0.05) is 0 Å². The number of hydrogen-bond acceptors (Lipinski definition) is 4. The summed E-state index contributed by atoms with van der Waals surface area (Å²) >= 11 is 0. The molecule has 2 aliphatic heterocycles. The highest BCUT2D eigenvalue weighted by Gasteiger charge is 2.27. The molecule has 2 atom stereocenters. The van der Waals surface area contributed by atoms with Crippen molar-refractivity contribution < 1.29 is 0 Å². The van der Waals surface area contributed by atoms with Gasteiger partial charge in [0.25, 0.3) is 0 Å². The Hall–Kier alpha value is -1.16. The summed E-state index contributed by atoms with van der Waals surface area (Å²) in [5.74, 6) is 1.05. The molecule has 0 N–H and O–H groups in total. The fraction of sp³-hybridized carbons (Fsp3) is 0.667.